The summed E-state index contributed by atoms with van der Waals surface area (Å²) in [6.07, 6.45) is 2.27. The second-order valence-electron chi connectivity index (χ2n) is 7.34. The summed E-state index contributed by atoms with van der Waals surface area (Å²) in [6, 6.07) is 16.4. The zero-order chi connectivity index (χ0) is 18.8. The number of benzene rings is 2. The average molecular weight is 398 g/mol. The molecule has 0 aromatic heterocycles. The number of anilines is 1. The molecule has 5 nitrogen and oxygen atoms in total. The Balaban J connectivity index is 0.00000225. The fourth-order valence-electron chi connectivity index (χ4n) is 4.25. The third-order valence-electron chi connectivity index (χ3n) is 5.50. The minimum Gasteiger partial charge on any atom is -0.492 e. The highest BCUT2D eigenvalue weighted by molar-refractivity contribution is 5.88. The number of carbonyl (C=O) groups is 1. The first-order valence-electron chi connectivity index (χ1n) is 9.41. The van der Waals surface area contributed by atoms with Gasteiger partial charge in [0.15, 0.2) is 0 Å². The van der Waals surface area contributed by atoms with Gasteiger partial charge in [0.1, 0.15) is 12.4 Å². The number of nitrogens with zero attached hydrogens (tertiary/aromatic N) is 2. The van der Waals surface area contributed by atoms with E-state index in [9.17, 15) is 10.1 Å². The van der Waals surface area contributed by atoms with Gasteiger partial charge in [0.25, 0.3) is 0 Å². The summed E-state index contributed by atoms with van der Waals surface area (Å²) in [6.45, 7) is 4.11. The summed E-state index contributed by atoms with van der Waals surface area (Å²) in [5, 5.41) is 12.0. The Kier molecular flexibility index (Phi) is 6.23. The van der Waals surface area contributed by atoms with Crippen LogP contribution in [0.1, 0.15) is 42.4 Å². The number of amides is 1. The van der Waals surface area contributed by atoms with Crippen LogP contribution in [0.25, 0.3) is 0 Å². The maximum Gasteiger partial charge on any atom is 0.221 e. The summed E-state index contributed by atoms with van der Waals surface area (Å²) in [7, 11) is 0. The number of piperidine rings is 1. The van der Waals surface area contributed by atoms with Gasteiger partial charge in [-0.25, -0.2) is 0 Å². The first kappa shape index (κ1) is 20.2. The Morgan fingerprint density at radius 3 is 2.79 bits per heavy atom. The van der Waals surface area contributed by atoms with Gasteiger partial charge in [-0.05, 0) is 55.3 Å². The Hall–Kier alpha value is -2.55. The van der Waals surface area contributed by atoms with Gasteiger partial charge < -0.3 is 10.1 Å². The third kappa shape index (κ3) is 4.14. The molecule has 28 heavy (non-hydrogen) atoms. The lowest BCUT2D eigenvalue weighted by atomic mass is 9.81. The summed E-state index contributed by atoms with van der Waals surface area (Å²) in [5.74, 6) is 1.28. The van der Waals surface area contributed by atoms with Gasteiger partial charge in [-0.3, -0.25) is 9.69 Å². The molecule has 2 aliphatic heterocycles. The fraction of sp³-hybridized carbons (Fsp3) is 0.364. The molecule has 1 N–H and O–H groups in total. The first-order chi connectivity index (χ1) is 13.1. The summed E-state index contributed by atoms with van der Waals surface area (Å²) >= 11 is 0. The van der Waals surface area contributed by atoms with Gasteiger partial charge in [0.2, 0.25) is 5.91 Å². The maximum atomic E-state index is 11.2. The number of carbonyl (C=O) groups excluding carboxylic acids is 1. The first-order valence-corrected chi connectivity index (χ1v) is 9.41. The molecule has 2 atom stereocenters. The van der Waals surface area contributed by atoms with E-state index >= 15 is 0 Å². The Morgan fingerprint density at radius 1 is 1.29 bits per heavy atom. The molecule has 0 aliphatic carbocycles. The molecule has 0 radical (unpaired) electrons. The highest BCUT2D eigenvalue weighted by Crippen LogP contribution is 2.42. The molecule has 1 amide bonds. The molecule has 1 saturated heterocycles. The molecule has 0 saturated carbocycles. The van der Waals surface area contributed by atoms with Crippen LogP contribution >= 0.6 is 12.4 Å². The van der Waals surface area contributed by atoms with Crippen LogP contribution in [-0.2, 0) is 11.3 Å². The number of rotatable bonds is 3. The fourth-order valence-corrected chi connectivity index (χ4v) is 4.25. The van der Waals surface area contributed by atoms with E-state index < -0.39 is 0 Å². The van der Waals surface area contributed by atoms with E-state index in [1.54, 1.807) is 0 Å². The molecule has 2 heterocycles. The Morgan fingerprint density at radius 2 is 2.07 bits per heavy atom. The normalized spacial score (nSPS) is 20.6. The van der Waals surface area contributed by atoms with Crippen LogP contribution in [0, 0.1) is 11.3 Å². The number of hydrogen-bond donors (Lipinski definition) is 1. The number of halogens is 1. The van der Waals surface area contributed by atoms with Crippen molar-refractivity contribution in [2.24, 2.45) is 0 Å². The zero-order valence-electron chi connectivity index (χ0n) is 15.9. The van der Waals surface area contributed by atoms with Crippen molar-refractivity contribution in [1.82, 2.24) is 4.90 Å². The van der Waals surface area contributed by atoms with Gasteiger partial charge in [0, 0.05) is 30.6 Å². The largest absolute Gasteiger partial charge is 0.492 e. The van der Waals surface area contributed by atoms with Crippen molar-refractivity contribution < 1.29 is 9.53 Å². The summed E-state index contributed by atoms with van der Waals surface area (Å²) < 4.78 is 6.02. The molecule has 2 aromatic rings. The molecule has 0 spiro atoms. The van der Waals surface area contributed by atoms with Crippen LogP contribution in [0.5, 0.6) is 5.75 Å². The number of fused-ring (bicyclic) bond motifs is 3. The van der Waals surface area contributed by atoms with Crippen LogP contribution in [0.2, 0.25) is 0 Å². The van der Waals surface area contributed by atoms with Crippen molar-refractivity contribution in [3.8, 4) is 11.8 Å². The summed E-state index contributed by atoms with van der Waals surface area (Å²) in [4.78, 5) is 13.7. The van der Waals surface area contributed by atoms with Gasteiger partial charge >= 0.3 is 0 Å². The van der Waals surface area contributed by atoms with Crippen LogP contribution in [0.3, 0.4) is 0 Å². The molecular formula is C22H24ClN3O2. The molecule has 4 rings (SSSR count). The predicted molar refractivity (Wildman–Crippen MR) is 111 cm³/mol. The molecule has 6 heteroatoms. The van der Waals surface area contributed by atoms with E-state index in [0.717, 1.165) is 37.4 Å². The second kappa shape index (κ2) is 8.64. The van der Waals surface area contributed by atoms with E-state index in [-0.39, 0.29) is 18.3 Å². The van der Waals surface area contributed by atoms with Crippen molar-refractivity contribution >= 4 is 24.0 Å². The third-order valence-corrected chi connectivity index (χ3v) is 5.50. The van der Waals surface area contributed by atoms with Crippen molar-refractivity contribution in [1.29, 1.82) is 5.26 Å². The van der Waals surface area contributed by atoms with Gasteiger partial charge in [-0.15, -0.1) is 12.4 Å². The predicted octanol–water partition coefficient (Wildman–Crippen LogP) is 4.08. The molecular weight excluding hydrogens is 374 g/mol. The zero-order valence-corrected chi connectivity index (χ0v) is 16.7. The molecule has 2 aliphatic rings. The van der Waals surface area contributed by atoms with Gasteiger partial charge in [-0.2, -0.15) is 5.26 Å². The lowest BCUT2D eigenvalue weighted by molar-refractivity contribution is -0.114. The van der Waals surface area contributed by atoms with Crippen molar-refractivity contribution in [2.45, 2.75) is 38.3 Å². The number of likely N-dealkylation sites (tertiary alicyclic amines) is 1. The monoisotopic (exact) mass is 397 g/mol. The van der Waals surface area contributed by atoms with Crippen molar-refractivity contribution in [2.75, 3.05) is 18.5 Å². The summed E-state index contributed by atoms with van der Waals surface area (Å²) in [5.41, 5.74) is 3.92. The number of ether oxygens (including phenoxy) is 1. The number of nitrogens with one attached hydrogen (secondary N) is 1. The Labute approximate surface area is 171 Å². The molecule has 0 bridgehead atoms. The lowest BCUT2D eigenvalue weighted by Gasteiger charge is -2.44. The Bertz CT molecular complexity index is 892. The lowest BCUT2D eigenvalue weighted by Crippen LogP contribution is -2.48. The van der Waals surface area contributed by atoms with E-state index in [4.69, 9.17) is 4.74 Å². The van der Waals surface area contributed by atoms with Crippen molar-refractivity contribution in [3.63, 3.8) is 0 Å². The standard InChI is InChI=1S/C22H23N3O2.ClH/c1-15(26)24-18-7-4-16(5-8-18)13-25-10-2-3-19-20-11-17(12-23)6-9-22(20)27-14-21(19)25;/h4-9,11,19,21H,2-3,10,13-14H2,1H3,(H,24,26);1H/t19-,21-;/m0./s1. The van der Waals surface area contributed by atoms with E-state index in [0.29, 0.717) is 24.1 Å². The molecule has 1 fully saturated rings. The quantitative estimate of drug-likeness (QED) is 0.847. The van der Waals surface area contributed by atoms with Crippen molar-refractivity contribution in [3.05, 3.63) is 59.2 Å². The van der Waals surface area contributed by atoms with Crippen LogP contribution in [0.4, 0.5) is 5.69 Å². The molecule has 146 valence electrons. The number of nitriles is 1. The highest BCUT2D eigenvalue weighted by atomic mass is 35.5. The SMILES string of the molecule is CC(=O)Nc1ccc(CN2CCC[C@H]3c4cc(C#N)ccc4OC[C@@H]32)cc1.Cl. The van der Waals surface area contributed by atoms with E-state index in [1.807, 2.05) is 30.3 Å². The average Bonchev–Trinajstić information content (AvgIpc) is 2.68. The smallest absolute Gasteiger partial charge is 0.221 e. The van der Waals surface area contributed by atoms with Gasteiger partial charge in [-0.1, -0.05) is 12.1 Å². The van der Waals surface area contributed by atoms with E-state index in [2.05, 4.69) is 28.4 Å². The second-order valence-corrected chi connectivity index (χ2v) is 7.34. The minimum absolute atomic E-state index is 0. The topological polar surface area (TPSA) is 65.4 Å². The molecule has 0 unspecified atom stereocenters. The molecule has 2 aromatic carbocycles. The highest BCUT2D eigenvalue weighted by Gasteiger charge is 2.37. The van der Waals surface area contributed by atoms with Crippen LogP contribution in [-0.4, -0.2) is 30.0 Å². The van der Waals surface area contributed by atoms with Gasteiger partial charge in [0.05, 0.1) is 17.7 Å². The number of hydrogen-bond acceptors (Lipinski definition) is 4. The maximum absolute atomic E-state index is 11.2. The van der Waals surface area contributed by atoms with E-state index in [1.165, 1.54) is 18.1 Å². The van der Waals surface area contributed by atoms with Crippen LogP contribution < -0.4 is 10.1 Å². The van der Waals surface area contributed by atoms with Crippen LogP contribution in [0.15, 0.2) is 42.5 Å². The minimum atomic E-state index is -0.0589.